The highest BCUT2D eigenvalue weighted by Gasteiger charge is 2.21. The number of benzene rings is 1. The number of amides is 2. The van der Waals surface area contributed by atoms with Crippen LogP contribution in [0.15, 0.2) is 24.3 Å². The Kier molecular flexibility index (Phi) is 6.65. The van der Waals surface area contributed by atoms with Crippen LogP contribution in [0.1, 0.15) is 19.4 Å². The Morgan fingerprint density at radius 2 is 1.81 bits per heavy atom. The van der Waals surface area contributed by atoms with E-state index in [9.17, 15) is 14.0 Å². The molecule has 1 atom stereocenters. The maximum absolute atomic E-state index is 12.7. The highest BCUT2D eigenvalue weighted by atomic mass is 19.1. The van der Waals surface area contributed by atoms with E-state index in [-0.39, 0.29) is 18.3 Å². The highest BCUT2D eigenvalue weighted by Crippen LogP contribution is 2.09. The summed E-state index contributed by atoms with van der Waals surface area (Å²) in [4.78, 5) is 22.5. The van der Waals surface area contributed by atoms with Crippen LogP contribution >= 0.6 is 0 Å². The van der Waals surface area contributed by atoms with Gasteiger partial charge in [-0.05, 0) is 30.0 Å². The molecular formula is C15H21FN2O3. The van der Waals surface area contributed by atoms with Gasteiger partial charge in [0.1, 0.15) is 5.82 Å². The summed E-state index contributed by atoms with van der Waals surface area (Å²) in [5.74, 6) is -1.87. The van der Waals surface area contributed by atoms with Crippen LogP contribution < -0.4 is 10.6 Å². The third-order valence-electron chi connectivity index (χ3n) is 3.22. The lowest BCUT2D eigenvalue weighted by molar-refractivity contribution is -0.142. The van der Waals surface area contributed by atoms with Gasteiger partial charge in [-0.2, -0.15) is 0 Å². The first-order chi connectivity index (χ1) is 9.90. The average Bonchev–Trinajstić information content (AvgIpc) is 2.40. The van der Waals surface area contributed by atoms with Crippen LogP contribution in [-0.2, 0) is 11.2 Å². The van der Waals surface area contributed by atoms with Crippen LogP contribution in [0.2, 0.25) is 0 Å². The molecule has 0 aliphatic carbocycles. The monoisotopic (exact) mass is 296 g/mol. The van der Waals surface area contributed by atoms with Crippen LogP contribution in [-0.4, -0.2) is 30.2 Å². The molecule has 0 saturated heterocycles. The van der Waals surface area contributed by atoms with Crippen molar-refractivity contribution in [2.75, 3.05) is 13.1 Å². The Morgan fingerprint density at radius 1 is 1.19 bits per heavy atom. The second kappa shape index (κ2) is 8.24. The first-order valence-corrected chi connectivity index (χ1v) is 6.89. The summed E-state index contributed by atoms with van der Waals surface area (Å²) in [6, 6.07) is 5.66. The Labute approximate surface area is 123 Å². The van der Waals surface area contributed by atoms with Gasteiger partial charge in [-0.15, -0.1) is 0 Å². The lowest BCUT2D eigenvalue weighted by Gasteiger charge is -2.17. The van der Waals surface area contributed by atoms with Gasteiger partial charge in [-0.25, -0.2) is 9.18 Å². The van der Waals surface area contributed by atoms with Crippen molar-refractivity contribution in [1.82, 2.24) is 10.6 Å². The quantitative estimate of drug-likeness (QED) is 0.720. The number of halogens is 1. The number of carbonyl (C=O) groups is 2. The minimum atomic E-state index is -0.920. The summed E-state index contributed by atoms with van der Waals surface area (Å²) in [6.45, 7) is 4.09. The zero-order valence-corrected chi connectivity index (χ0v) is 12.2. The maximum Gasteiger partial charge on any atom is 0.314 e. The first-order valence-electron chi connectivity index (χ1n) is 6.89. The second-order valence-corrected chi connectivity index (χ2v) is 5.20. The lowest BCUT2D eigenvalue weighted by atomic mass is 9.96. The van der Waals surface area contributed by atoms with E-state index in [0.29, 0.717) is 13.0 Å². The molecule has 0 bridgehead atoms. The number of carboxylic acids is 1. The molecule has 0 fully saturated rings. The number of hydrogen-bond donors (Lipinski definition) is 3. The fourth-order valence-electron chi connectivity index (χ4n) is 1.84. The van der Waals surface area contributed by atoms with Gasteiger partial charge >= 0.3 is 12.0 Å². The van der Waals surface area contributed by atoms with Gasteiger partial charge in [-0.1, -0.05) is 26.0 Å². The number of carbonyl (C=O) groups excluding carboxylic acids is 1. The van der Waals surface area contributed by atoms with Crippen molar-refractivity contribution in [3.05, 3.63) is 35.6 Å². The molecular weight excluding hydrogens is 275 g/mol. The van der Waals surface area contributed by atoms with E-state index >= 15 is 0 Å². The normalized spacial score (nSPS) is 12.0. The molecule has 1 aromatic rings. The number of carboxylic acid groups (broad SMARTS) is 1. The third-order valence-corrected chi connectivity index (χ3v) is 3.22. The molecule has 1 aromatic carbocycles. The Morgan fingerprint density at radius 3 is 2.33 bits per heavy atom. The van der Waals surface area contributed by atoms with Gasteiger partial charge in [0.2, 0.25) is 0 Å². The predicted molar refractivity (Wildman–Crippen MR) is 77.5 cm³/mol. The zero-order chi connectivity index (χ0) is 15.8. The van der Waals surface area contributed by atoms with Crippen molar-refractivity contribution in [1.29, 1.82) is 0 Å². The fraction of sp³-hybridized carbons (Fsp3) is 0.467. The summed E-state index contributed by atoms with van der Waals surface area (Å²) in [6.07, 6.45) is 0.584. The topological polar surface area (TPSA) is 78.4 Å². The Hall–Kier alpha value is -2.11. The molecule has 3 N–H and O–H groups in total. The number of nitrogens with one attached hydrogen (secondary N) is 2. The molecule has 0 aliphatic rings. The number of hydrogen-bond acceptors (Lipinski definition) is 2. The van der Waals surface area contributed by atoms with Crippen LogP contribution in [0.25, 0.3) is 0 Å². The maximum atomic E-state index is 12.7. The third kappa shape index (κ3) is 6.25. The molecule has 5 nitrogen and oxygen atoms in total. The van der Waals surface area contributed by atoms with Gasteiger partial charge in [0.25, 0.3) is 0 Å². The van der Waals surface area contributed by atoms with Gasteiger partial charge in [0.15, 0.2) is 0 Å². The van der Waals surface area contributed by atoms with Crippen molar-refractivity contribution < 1.29 is 19.1 Å². The van der Waals surface area contributed by atoms with E-state index in [1.807, 2.05) is 0 Å². The van der Waals surface area contributed by atoms with Gasteiger partial charge in [0, 0.05) is 13.1 Å². The van der Waals surface area contributed by atoms with Crippen molar-refractivity contribution in [3.63, 3.8) is 0 Å². The van der Waals surface area contributed by atoms with Gasteiger partial charge in [0.05, 0.1) is 5.92 Å². The molecule has 21 heavy (non-hydrogen) atoms. The summed E-state index contributed by atoms with van der Waals surface area (Å²) in [5.41, 5.74) is 0.919. The Bertz CT molecular complexity index is 474. The number of rotatable bonds is 7. The minimum absolute atomic E-state index is 0.0537. The van der Waals surface area contributed by atoms with Crippen molar-refractivity contribution in [2.24, 2.45) is 11.8 Å². The molecule has 1 unspecified atom stereocenters. The van der Waals surface area contributed by atoms with E-state index in [0.717, 1.165) is 5.56 Å². The molecule has 0 saturated carbocycles. The SMILES string of the molecule is CC(C)C(CNC(=O)NCCc1ccc(F)cc1)C(=O)O. The predicted octanol–water partition coefficient (Wildman–Crippen LogP) is 2.02. The van der Waals surface area contributed by atoms with Crippen molar-refractivity contribution >= 4 is 12.0 Å². The summed E-state index contributed by atoms with van der Waals surface area (Å²) in [7, 11) is 0. The molecule has 0 aliphatic heterocycles. The van der Waals surface area contributed by atoms with E-state index in [4.69, 9.17) is 5.11 Å². The van der Waals surface area contributed by atoms with E-state index < -0.39 is 17.9 Å². The molecule has 1 rings (SSSR count). The molecule has 116 valence electrons. The van der Waals surface area contributed by atoms with Crippen molar-refractivity contribution in [2.45, 2.75) is 20.3 Å². The molecule has 6 heteroatoms. The van der Waals surface area contributed by atoms with Gasteiger partial charge in [-0.3, -0.25) is 4.79 Å². The molecule has 0 aromatic heterocycles. The average molecular weight is 296 g/mol. The highest BCUT2D eigenvalue weighted by molar-refractivity contribution is 5.75. The summed E-state index contributed by atoms with van der Waals surface area (Å²) < 4.78 is 12.7. The molecule has 2 amide bonds. The number of urea groups is 1. The molecule has 0 radical (unpaired) electrons. The second-order valence-electron chi connectivity index (χ2n) is 5.20. The van der Waals surface area contributed by atoms with Crippen molar-refractivity contribution in [3.8, 4) is 0 Å². The number of aliphatic carboxylic acids is 1. The van der Waals surface area contributed by atoms with E-state index in [1.54, 1.807) is 26.0 Å². The zero-order valence-electron chi connectivity index (χ0n) is 12.2. The minimum Gasteiger partial charge on any atom is -0.481 e. The molecule has 0 heterocycles. The lowest BCUT2D eigenvalue weighted by Crippen LogP contribution is -2.41. The van der Waals surface area contributed by atoms with E-state index in [2.05, 4.69) is 10.6 Å². The van der Waals surface area contributed by atoms with Gasteiger partial charge < -0.3 is 15.7 Å². The summed E-state index contributed by atoms with van der Waals surface area (Å²) >= 11 is 0. The van der Waals surface area contributed by atoms with Crippen LogP contribution in [0.5, 0.6) is 0 Å². The Balaban J connectivity index is 2.28. The van der Waals surface area contributed by atoms with Crippen LogP contribution in [0, 0.1) is 17.7 Å². The van der Waals surface area contributed by atoms with Crippen LogP contribution in [0.4, 0.5) is 9.18 Å². The van der Waals surface area contributed by atoms with E-state index in [1.165, 1.54) is 12.1 Å². The summed E-state index contributed by atoms with van der Waals surface area (Å²) in [5, 5.41) is 14.2. The molecule has 0 spiro atoms. The largest absolute Gasteiger partial charge is 0.481 e. The standard InChI is InChI=1S/C15H21FN2O3/c1-10(2)13(14(19)20)9-18-15(21)17-8-7-11-3-5-12(16)6-4-11/h3-6,10,13H,7-9H2,1-2H3,(H,19,20)(H2,17,18,21). The first kappa shape index (κ1) is 16.9. The fourth-order valence-corrected chi connectivity index (χ4v) is 1.84. The van der Waals surface area contributed by atoms with Crippen LogP contribution in [0.3, 0.4) is 0 Å². The smallest absolute Gasteiger partial charge is 0.314 e.